The summed E-state index contributed by atoms with van der Waals surface area (Å²) in [6, 6.07) is 0.0910. The van der Waals surface area contributed by atoms with Gasteiger partial charge in [0, 0.05) is 19.1 Å². The highest BCUT2D eigenvalue weighted by Crippen LogP contribution is 2.49. The number of allylic oxidation sites excluding steroid dienone is 2. The number of rotatable bonds is 3. The Labute approximate surface area is 139 Å². The van der Waals surface area contributed by atoms with Gasteiger partial charge in [-0.2, -0.15) is 0 Å². The van der Waals surface area contributed by atoms with Gasteiger partial charge in [-0.25, -0.2) is 13.1 Å². The topological polar surface area (TPSA) is 66.5 Å². The first-order chi connectivity index (χ1) is 10.7. The smallest absolute Gasteiger partial charge is 0.228 e. The van der Waals surface area contributed by atoms with Crippen molar-refractivity contribution < 1.29 is 13.2 Å². The Kier molecular flexibility index (Phi) is 4.34. The number of carbonyl (C=O) groups excluding carboxylic acids is 1. The molecule has 1 heterocycles. The summed E-state index contributed by atoms with van der Waals surface area (Å²) in [5.74, 6) is 0.307. The fraction of sp³-hybridized carbons (Fsp3) is 0.824. The number of sulfonamides is 1. The third-order valence-electron chi connectivity index (χ3n) is 5.97. The molecule has 2 aliphatic carbocycles. The summed E-state index contributed by atoms with van der Waals surface area (Å²) in [4.78, 5) is 14.9. The van der Waals surface area contributed by atoms with Crippen LogP contribution < -0.4 is 4.72 Å². The zero-order valence-electron chi connectivity index (χ0n) is 14.2. The van der Waals surface area contributed by atoms with Gasteiger partial charge in [0.1, 0.15) is 0 Å². The molecule has 130 valence electrons. The van der Waals surface area contributed by atoms with Gasteiger partial charge in [-0.05, 0) is 50.4 Å². The highest BCUT2D eigenvalue weighted by atomic mass is 32.2. The lowest BCUT2D eigenvalue weighted by Gasteiger charge is -2.53. The van der Waals surface area contributed by atoms with Crippen LogP contribution in [-0.4, -0.2) is 44.6 Å². The summed E-state index contributed by atoms with van der Waals surface area (Å²) in [7, 11) is -3.11. The molecule has 23 heavy (non-hydrogen) atoms. The van der Waals surface area contributed by atoms with Crippen molar-refractivity contribution in [1.82, 2.24) is 9.62 Å². The minimum Gasteiger partial charge on any atom is -0.342 e. The molecule has 3 rings (SSSR count). The Balaban J connectivity index is 1.52. The highest BCUT2D eigenvalue weighted by molar-refractivity contribution is 7.88. The van der Waals surface area contributed by atoms with Crippen LogP contribution in [0.2, 0.25) is 0 Å². The maximum atomic E-state index is 12.8. The maximum Gasteiger partial charge on any atom is 0.228 e. The van der Waals surface area contributed by atoms with Gasteiger partial charge < -0.3 is 4.90 Å². The number of likely N-dealkylation sites (tertiary alicyclic amines) is 1. The summed E-state index contributed by atoms with van der Waals surface area (Å²) >= 11 is 0. The van der Waals surface area contributed by atoms with Crippen molar-refractivity contribution in [3.63, 3.8) is 0 Å². The van der Waals surface area contributed by atoms with Gasteiger partial charge in [-0.15, -0.1) is 0 Å². The lowest BCUT2D eigenvalue weighted by molar-refractivity contribution is -0.145. The molecule has 1 unspecified atom stereocenters. The summed E-state index contributed by atoms with van der Waals surface area (Å²) < 4.78 is 25.3. The van der Waals surface area contributed by atoms with Gasteiger partial charge in [0.15, 0.2) is 0 Å². The first-order valence-corrected chi connectivity index (χ1v) is 10.5. The van der Waals surface area contributed by atoms with Crippen LogP contribution in [0.15, 0.2) is 12.2 Å². The maximum absolute atomic E-state index is 12.8. The summed E-state index contributed by atoms with van der Waals surface area (Å²) in [6.07, 6.45) is 12.2. The van der Waals surface area contributed by atoms with Crippen molar-refractivity contribution in [2.75, 3.05) is 19.3 Å². The Bertz CT molecular complexity index is 597. The van der Waals surface area contributed by atoms with Crippen LogP contribution in [0.5, 0.6) is 0 Å². The molecule has 2 fully saturated rings. The van der Waals surface area contributed by atoms with Crippen LogP contribution in [0.25, 0.3) is 0 Å². The van der Waals surface area contributed by atoms with E-state index >= 15 is 0 Å². The number of nitrogens with zero attached hydrogens (tertiary/aromatic N) is 1. The molecule has 0 bridgehead atoms. The SMILES string of the molecule is CC1(C(=O)N2CCC3(CC2)CC(NS(C)(=O)=O)C3)CC=CCC1. The fourth-order valence-electron chi connectivity index (χ4n) is 4.51. The second-order valence-corrected chi connectivity index (χ2v) is 9.84. The van der Waals surface area contributed by atoms with Gasteiger partial charge in [-0.1, -0.05) is 19.1 Å². The Hall–Kier alpha value is -0.880. The third-order valence-corrected chi connectivity index (χ3v) is 6.73. The zero-order chi connectivity index (χ0) is 16.7. The molecule has 0 radical (unpaired) electrons. The highest BCUT2D eigenvalue weighted by Gasteiger charge is 2.48. The molecule has 1 amide bonds. The average molecular weight is 340 g/mol. The van der Waals surface area contributed by atoms with E-state index in [4.69, 9.17) is 0 Å². The van der Waals surface area contributed by atoms with Crippen molar-refractivity contribution in [2.45, 2.75) is 57.9 Å². The van der Waals surface area contributed by atoms with Gasteiger partial charge in [-0.3, -0.25) is 4.79 Å². The molecule has 1 atom stereocenters. The van der Waals surface area contributed by atoms with E-state index in [0.717, 1.165) is 58.0 Å². The minimum absolute atomic E-state index is 0.0910. The number of nitrogens with one attached hydrogen (secondary N) is 1. The summed E-state index contributed by atoms with van der Waals surface area (Å²) in [6.45, 7) is 3.74. The van der Waals surface area contributed by atoms with Gasteiger partial charge in [0.2, 0.25) is 15.9 Å². The van der Waals surface area contributed by atoms with Gasteiger partial charge in [0.05, 0.1) is 11.7 Å². The number of piperidine rings is 1. The van der Waals surface area contributed by atoms with E-state index in [0.29, 0.717) is 5.91 Å². The molecule has 3 aliphatic rings. The van der Waals surface area contributed by atoms with E-state index in [-0.39, 0.29) is 16.9 Å². The number of amides is 1. The van der Waals surface area contributed by atoms with Crippen LogP contribution in [0.3, 0.4) is 0 Å². The van der Waals surface area contributed by atoms with Gasteiger partial charge >= 0.3 is 0 Å². The Morgan fingerprint density at radius 3 is 2.35 bits per heavy atom. The molecule has 0 aromatic carbocycles. The van der Waals surface area contributed by atoms with Crippen molar-refractivity contribution in [2.24, 2.45) is 10.8 Å². The molecule has 1 saturated heterocycles. The van der Waals surface area contributed by atoms with E-state index in [9.17, 15) is 13.2 Å². The molecule has 6 heteroatoms. The van der Waals surface area contributed by atoms with Crippen LogP contribution in [-0.2, 0) is 14.8 Å². The second kappa shape index (κ2) is 5.88. The Morgan fingerprint density at radius 2 is 1.83 bits per heavy atom. The molecule has 5 nitrogen and oxygen atoms in total. The van der Waals surface area contributed by atoms with Crippen molar-refractivity contribution in [3.05, 3.63) is 12.2 Å². The molecule has 0 aromatic heterocycles. The first kappa shape index (κ1) is 17.0. The predicted molar refractivity (Wildman–Crippen MR) is 90.3 cm³/mol. The monoisotopic (exact) mass is 340 g/mol. The lowest BCUT2D eigenvalue weighted by Crippen LogP contribution is -2.56. The molecule has 1 saturated carbocycles. The Morgan fingerprint density at radius 1 is 1.17 bits per heavy atom. The number of hydrogen-bond donors (Lipinski definition) is 1. The first-order valence-electron chi connectivity index (χ1n) is 8.63. The van der Waals surface area contributed by atoms with Crippen LogP contribution in [0.4, 0.5) is 0 Å². The largest absolute Gasteiger partial charge is 0.342 e. The molecule has 1 aliphatic heterocycles. The molecular weight excluding hydrogens is 312 g/mol. The second-order valence-electron chi connectivity index (χ2n) is 8.06. The molecule has 1 spiro atoms. The molecule has 1 N–H and O–H groups in total. The minimum atomic E-state index is -3.11. The van der Waals surface area contributed by atoms with Crippen LogP contribution in [0, 0.1) is 10.8 Å². The standard InChI is InChI=1S/C17H28N2O3S/c1-16(6-4-3-5-7-16)15(20)19-10-8-17(9-11-19)12-14(13-17)18-23(2,21)22/h3-4,14,18H,5-13H2,1-2H3. The number of carbonyl (C=O) groups is 1. The average Bonchev–Trinajstić information content (AvgIpc) is 2.45. The normalized spacial score (nSPS) is 31.1. The summed E-state index contributed by atoms with van der Waals surface area (Å²) in [5.41, 5.74) is 0.0335. The van der Waals surface area contributed by atoms with E-state index in [1.807, 2.05) is 4.90 Å². The van der Waals surface area contributed by atoms with E-state index < -0.39 is 10.0 Å². The molecular formula is C17H28N2O3S. The lowest BCUT2D eigenvalue weighted by atomic mass is 9.60. The molecule has 0 aromatic rings. The fourth-order valence-corrected chi connectivity index (χ4v) is 5.28. The van der Waals surface area contributed by atoms with Crippen molar-refractivity contribution in [1.29, 1.82) is 0 Å². The quantitative estimate of drug-likeness (QED) is 0.800. The van der Waals surface area contributed by atoms with E-state index in [2.05, 4.69) is 23.8 Å². The van der Waals surface area contributed by atoms with Crippen molar-refractivity contribution in [3.8, 4) is 0 Å². The zero-order valence-corrected chi connectivity index (χ0v) is 15.0. The van der Waals surface area contributed by atoms with E-state index in [1.54, 1.807) is 0 Å². The number of hydrogen-bond acceptors (Lipinski definition) is 3. The third kappa shape index (κ3) is 3.63. The van der Waals surface area contributed by atoms with Gasteiger partial charge in [0.25, 0.3) is 0 Å². The van der Waals surface area contributed by atoms with Crippen molar-refractivity contribution >= 4 is 15.9 Å². The summed E-state index contributed by atoms with van der Waals surface area (Å²) in [5, 5.41) is 0. The van der Waals surface area contributed by atoms with Crippen LogP contribution in [0.1, 0.15) is 51.9 Å². The van der Waals surface area contributed by atoms with E-state index in [1.165, 1.54) is 6.26 Å². The predicted octanol–water partition coefficient (Wildman–Crippen LogP) is 2.05. The van der Waals surface area contributed by atoms with Crippen LogP contribution >= 0.6 is 0 Å².